The lowest BCUT2D eigenvalue weighted by Crippen LogP contribution is -2.09. The van der Waals surface area contributed by atoms with Gasteiger partial charge in [-0.3, -0.25) is 4.79 Å². The van der Waals surface area contributed by atoms with Crippen molar-refractivity contribution in [1.82, 2.24) is 0 Å². The molecule has 1 rings (SSSR count). The van der Waals surface area contributed by atoms with Crippen LogP contribution in [0.5, 0.6) is 11.5 Å². The monoisotopic (exact) mass is 322 g/mol. The van der Waals surface area contributed by atoms with Crippen molar-refractivity contribution in [3.63, 3.8) is 0 Å². The second-order valence-corrected chi connectivity index (χ2v) is 4.42. The van der Waals surface area contributed by atoms with Crippen LogP contribution in [0.25, 0.3) is 0 Å². The van der Waals surface area contributed by atoms with Crippen LogP contribution in [0.3, 0.4) is 0 Å². The third-order valence-corrected chi connectivity index (χ3v) is 2.67. The molecule has 0 heterocycles. The molecule has 0 fully saturated rings. The van der Waals surface area contributed by atoms with Gasteiger partial charge in [0.25, 0.3) is 0 Å². The highest BCUT2D eigenvalue weighted by Crippen LogP contribution is 2.24. The Kier molecular flexibility index (Phi) is 7.91. The van der Waals surface area contributed by atoms with Crippen molar-refractivity contribution in [2.45, 2.75) is 19.3 Å². The van der Waals surface area contributed by atoms with Gasteiger partial charge in [0.1, 0.15) is 0 Å². The van der Waals surface area contributed by atoms with E-state index in [1.807, 2.05) is 0 Å². The van der Waals surface area contributed by atoms with Gasteiger partial charge in [0, 0.05) is 18.6 Å². The van der Waals surface area contributed by atoms with E-state index in [0.717, 1.165) is 12.2 Å². The van der Waals surface area contributed by atoms with Crippen molar-refractivity contribution < 1.29 is 33.7 Å². The Labute approximate surface area is 133 Å². The molecule has 0 atom stereocenters. The van der Waals surface area contributed by atoms with E-state index < -0.39 is 17.9 Å². The van der Waals surface area contributed by atoms with Crippen molar-refractivity contribution in [2.75, 3.05) is 13.7 Å². The van der Waals surface area contributed by atoms with Crippen LogP contribution < -0.4 is 4.74 Å². The topological polar surface area (TPSA) is 99.1 Å². The van der Waals surface area contributed by atoms with Crippen molar-refractivity contribution in [3.8, 4) is 11.5 Å². The summed E-state index contributed by atoms with van der Waals surface area (Å²) in [5.74, 6) is -1.78. The quantitative estimate of drug-likeness (QED) is 0.337. The molecule has 0 aliphatic carbocycles. The minimum atomic E-state index is -0.660. The maximum atomic E-state index is 11.6. The van der Waals surface area contributed by atoms with Gasteiger partial charge >= 0.3 is 17.9 Å². The highest BCUT2D eigenvalue weighted by atomic mass is 16.5. The van der Waals surface area contributed by atoms with Crippen molar-refractivity contribution in [1.29, 1.82) is 0 Å². The Hall–Kier alpha value is -2.83. The lowest BCUT2D eigenvalue weighted by atomic mass is 10.2. The molecule has 7 nitrogen and oxygen atoms in total. The number of carbonyl (C=O) groups is 3. The minimum Gasteiger partial charge on any atom is -0.504 e. The molecular formula is C16H18O7. The first kappa shape index (κ1) is 18.2. The predicted molar refractivity (Wildman–Crippen MR) is 79.7 cm³/mol. The van der Waals surface area contributed by atoms with Crippen LogP contribution in [-0.2, 0) is 23.9 Å². The standard InChI is InChI=1S/C16H18O7/c1-21-14(18)9-10-15(19)22-11-5-4-8-16(20)23-13-7-3-2-6-12(13)17/h2-3,6-7,9-10,17H,4-5,8,11H2,1H3/b10-9-. The van der Waals surface area contributed by atoms with Gasteiger partial charge in [0.05, 0.1) is 13.7 Å². The number of hydrogen-bond donors (Lipinski definition) is 1. The lowest BCUT2D eigenvalue weighted by Gasteiger charge is -2.06. The molecule has 1 aromatic rings. The van der Waals surface area contributed by atoms with Crippen LogP contribution in [0.1, 0.15) is 19.3 Å². The summed E-state index contributed by atoms with van der Waals surface area (Å²) in [6, 6.07) is 6.17. The second kappa shape index (κ2) is 9.99. The summed E-state index contributed by atoms with van der Waals surface area (Å²) >= 11 is 0. The Morgan fingerprint density at radius 2 is 1.78 bits per heavy atom. The molecule has 0 amide bonds. The number of ether oxygens (including phenoxy) is 3. The van der Waals surface area contributed by atoms with Crippen LogP contribution >= 0.6 is 0 Å². The van der Waals surface area contributed by atoms with Gasteiger partial charge in [-0.25, -0.2) is 9.59 Å². The lowest BCUT2D eigenvalue weighted by molar-refractivity contribution is -0.139. The molecule has 1 aromatic carbocycles. The molecular weight excluding hydrogens is 304 g/mol. The van der Waals surface area contributed by atoms with Crippen molar-refractivity contribution >= 4 is 17.9 Å². The molecule has 0 saturated carbocycles. The molecule has 0 aromatic heterocycles. The summed E-state index contributed by atoms with van der Waals surface area (Å²) in [5.41, 5.74) is 0. The number of rotatable bonds is 8. The summed E-state index contributed by atoms with van der Waals surface area (Å²) < 4.78 is 14.1. The fraction of sp³-hybridized carbons (Fsp3) is 0.312. The number of unbranched alkanes of at least 4 members (excludes halogenated alkanes) is 1. The van der Waals surface area contributed by atoms with E-state index in [4.69, 9.17) is 9.47 Å². The number of esters is 3. The molecule has 0 radical (unpaired) electrons. The van der Waals surface area contributed by atoms with Gasteiger partial charge in [-0.05, 0) is 25.0 Å². The molecule has 0 unspecified atom stereocenters. The molecule has 7 heteroatoms. The summed E-state index contributed by atoms with van der Waals surface area (Å²) in [6.45, 7) is 0.119. The van der Waals surface area contributed by atoms with Gasteiger partial charge in [0.2, 0.25) is 0 Å². The number of aromatic hydroxyl groups is 1. The molecule has 124 valence electrons. The van der Waals surface area contributed by atoms with Crippen LogP contribution in [0.15, 0.2) is 36.4 Å². The van der Waals surface area contributed by atoms with Gasteiger partial charge in [0.15, 0.2) is 11.5 Å². The van der Waals surface area contributed by atoms with Gasteiger partial charge in [-0.1, -0.05) is 12.1 Å². The average Bonchev–Trinajstić information content (AvgIpc) is 2.54. The summed E-state index contributed by atoms with van der Waals surface area (Å²) in [4.78, 5) is 33.5. The Morgan fingerprint density at radius 3 is 2.48 bits per heavy atom. The summed E-state index contributed by atoms with van der Waals surface area (Å²) in [7, 11) is 1.20. The maximum absolute atomic E-state index is 11.6. The predicted octanol–water partition coefficient (Wildman–Crippen LogP) is 1.74. The highest BCUT2D eigenvalue weighted by molar-refractivity contribution is 5.91. The Balaban J connectivity index is 2.16. The first-order valence-electron chi connectivity index (χ1n) is 6.94. The fourth-order valence-electron chi connectivity index (χ4n) is 1.51. The van der Waals surface area contributed by atoms with E-state index in [2.05, 4.69) is 4.74 Å². The number of carbonyl (C=O) groups excluding carboxylic acids is 3. The zero-order valence-corrected chi connectivity index (χ0v) is 12.7. The second-order valence-electron chi connectivity index (χ2n) is 4.42. The summed E-state index contributed by atoms with van der Waals surface area (Å²) in [5, 5.41) is 9.46. The number of benzene rings is 1. The first-order valence-corrected chi connectivity index (χ1v) is 6.94. The number of phenols is 1. The largest absolute Gasteiger partial charge is 0.504 e. The zero-order chi connectivity index (χ0) is 17.1. The van der Waals surface area contributed by atoms with Gasteiger partial charge < -0.3 is 19.3 Å². The number of methoxy groups -OCH3 is 1. The maximum Gasteiger partial charge on any atom is 0.331 e. The summed E-state index contributed by atoms with van der Waals surface area (Å²) in [6.07, 6.45) is 2.99. The smallest absolute Gasteiger partial charge is 0.331 e. The van der Waals surface area contributed by atoms with E-state index in [1.165, 1.54) is 19.2 Å². The van der Waals surface area contributed by atoms with Crippen molar-refractivity contribution in [2.24, 2.45) is 0 Å². The average molecular weight is 322 g/mol. The van der Waals surface area contributed by atoms with E-state index in [0.29, 0.717) is 12.8 Å². The van der Waals surface area contributed by atoms with Crippen LogP contribution in [0.4, 0.5) is 0 Å². The Bertz CT molecular complexity index is 578. The molecule has 1 N–H and O–H groups in total. The molecule has 0 aliphatic heterocycles. The van der Waals surface area contributed by atoms with Gasteiger partial charge in [-0.15, -0.1) is 0 Å². The Morgan fingerprint density at radius 1 is 1.09 bits per heavy atom. The van der Waals surface area contributed by atoms with E-state index in [1.54, 1.807) is 12.1 Å². The van der Waals surface area contributed by atoms with Crippen LogP contribution in [0, 0.1) is 0 Å². The first-order chi connectivity index (χ1) is 11.0. The molecule has 0 saturated heterocycles. The molecule has 0 spiro atoms. The highest BCUT2D eigenvalue weighted by Gasteiger charge is 2.08. The molecule has 0 bridgehead atoms. The normalized spacial score (nSPS) is 10.3. The number of hydrogen-bond acceptors (Lipinski definition) is 7. The molecule has 23 heavy (non-hydrogen) atoms. The van der Waals surface area contributed by atoms with E-state index >= 15 is 0 Å². The zero-order valence-electron chi connectivity index (χ0n) is 12.7. The van der Waals surface area contributed by atoms with Gasteiger partial charge in [-0.2, -0.15) is 0 Å². The fourth-order valence-corrected chi connectivity index (χ4v) is 1.51. The SMILES string of the molecule is COC(=O)/C=C\C(=O)OCCCCC(=O)Oc1ccccc1O. The third-order valence-electron chi connectivity index (χ3n) is 2.67. The minimum absolute atomic E-state index is 0.104. The van der Waals surface area contributed by atoms with E-state index in [9.17, 15) is 19.5 Å². The van der Waals surface area contributed by atoms with Crippen LogP contribution in [0.2, 0.25) is 0 Å². The van der Waals surface area contributed by atoms with Crippen molar-refractivity contribution in [3.05, 3.63) is 36.4 Å². The number of para-hydroxylation sites is 2. The molecule has 0 aliphatic rings. The van der Waals surface area contributed by atoms with Crippen LogP contribution in [-0.4, -0.2) is 36.7 Å². The van der Waals surface area contributed by atoms with E-state index in [-0.39, 0.29) is 24.5 Å². The third kappa shape index (κ3) is 7.66. The number of phenolic OH excluding ortho intramolecular Hbond substituents is 1.